The molecule has 1 amide bonds. The van der Waals surface area contributed by atoms with Crippen molar-refractivity contribution in [2.24, 2.45) is 5.73 Å². The summed E-state index contributed by atoms with van der Waals surface area (Å²) >= 11 is 0. The predicted molar refractivity (Wildman–Crippen MR) is 110 cm³/mol. The quantitative estimate of drug-likeness (QED) is 0.620. The smallest absolute Gasteiger partial charge is 0.252 e. The molecule has 2 aromatic heterocycles. The van der Waals surface area contributed by atoms with E-state index < -0.39 is 5.91 Å². The van der Waals surface area contributed by atoms with E-state index in [0.717, 1.165) is 41.7 Å². The number of benzene rings is 1. The molecule has 0 unspecified atom stereocenters. The number of amides is 1. The molecule has 150 valence electrons. The highest BCUT2D eigenvalue weighted by Gasteiger charge is 2.40. The van der Waals surface area contributed by atoms with Gasteiger partial charge in [0.1, 0.15) is 11.5 Å². The molecule has 0 saturated carbocycles. The highest BCUT2D eigenvalue weighted by Crippen LogP contribution is 2.39. The topological polar surface area (TPSA) is 87.0 Å². The van der Waals surface area contributed by atoms with Gasteiger partial charge in [0, 0.05) is 42.5 Å². The van der Waals surface area contributed by atoms with Crippen LogP contribution in [0.15, 0.2) is 42.7 Å². The number of primary amides is 1. The minimum atomic E-state index is -0.472. The molecule has 0 spiro atoms. The number of anilines is 1. The SMILES string of the molecule is NC(=O)c1cnc2[nH]ccc2c1NC1C[C@@H]2CC[C@@H](C1)N2Cc1ccc(F)cc1. The number of H-pyrrole nitrogens is 1. The number of piperidine rings is 1. The molecular formula is C22H24FN5O. The molecular weight excluding hydrogens is 369 g/mol. The third kappa shape index (κ3) is 3.35. The van der Waals surface area contributed by atoms with Gasteiger partial charge in [-0.3, -0.25) is 9.69 Å². The van der Waals surface area contributed by atoms with Crippen molar-refractivity contribution in [2.45, 2.75) is 50.4 Å². The summed E-state index contributed by atoms with van der Waals surface area (Å²) in [7, 11) is 0. The van der Waals surface area contributed by atoms with E-state index >= 15 is 0 Å². The first kappa shape index (κ1) is 18.1. The van der Waals surface area contributed by atoms with Gasteiger partial charge in [0.15, 0.2) is 0 Å². The molecule has 2 saturated heterocycles. The molecule has 3 aromatic rings. The number of carbonyl (C=O) groups is 1. The molecule has 29 heavy (non-hydrogen) atoms. The highest BCUT2D eigenvalue weighted by atomic mass is 19.1. The Morgan fingerprint density at radius 2 is 1.93 bits per heavy atom. The van der Waals surface area contributed by atoms with Gasteiger partial charge in [0.05, 0.1) is 11.3 Å². The van der Waals surface area contributed by atoms with Crippen molar-refractivity contribution in [1.29, 1.82) is 0 Å². The first-order valence-electron chi connectivity index (χ1n) is 10.1. The zero-order valence-electron chi connectivity index (χ0n) is 16.1. The zero-order chi connectivity index (χ0) is 20.0. The lowest BCUT2D eigenvalue weighted by atomic mass is 9.95. The summed E-state index contributed by atoms with van der Waals surface area (Å²) in [6.07, 6.45) is 7.71. The van der Waals surface area contributed by atoms with Crippen molar-refractivity contribution in [3.63, 3.8) is 0 Å². The van der Waals surface area contributed by atoms with Gasteiger partial charge < -0.3 is 16.0 Å². The molecule has 4 N–H and O–H groups in total. The van der Waals surface area contributed by atoms with Gasteiger partial charge in [-0.15, -0.1) is 0 Å². The summed E-state index contributed by atoms with van der Waals surface area (Å²) in [5.41, 5.74) is 8.70. The predicted octanol–water partition coefficient (Wildman–Crippen LogP) is 3.41. The van der Waals surface area contributed by atoms with Crippen LogP contribution in [0.25, 0.3) is 11.0 Å². The Hall–Kier alpha value is -2.93. The van der Waals surface area contributed by atoms with E-state index in [1.54, 1.807) is 6.20 Å². The van der Waals surface area contributed by atoms with Gasteiger partial charge in [-0.05, 0) is 49.4 Å². The lowest BCUT2D eigenvalue weighted by Gasteiger charge is -2.39. The second kappa shape index (κ2) is 7.15. The van der Waals surface area contributed by atoms with Crippen molar-refractivity contribution in [3.05, 3.63) is 59.7 Å². The van der Waals surface area contributed by atoms with Crippen molar-refractivity contribution >= 4 is 22.6 Å². The van der Waals surface area contributed by atoms with E-state index in [9.17, 15) is 9.18 Å². The summed E-state index contributed by atoms with van der Waals surface area (Å²) in [6.45, 7) is 0.853. The molecule has 2 aliphatic heterocycles. The van der Waals surface area contributed by atoms with Crippen LogP contribution in [0.1, 0.15) is 41.6 Å². The molecule has 7 heteroatoms. The Labute approximate surface area is 168 Å². The van der Waals surface area contributed by atoms with Crippen LogP contribution in [0.4, 0.5) is 10.1 Å². The molecule has 6 nitrogen and oxygen atoms in total. The number of halogens is 1. The number of aromatic amines is 1. The molecule has 0 aliphatic carbocycles. The van der Waals surface area contributed by atoms with E-state index in [0.29, 0.717) is 17.6 Å². The number of rotatable bonds is 5. The monoisotopic (exact) mass is 393 g/mol. The minimum Gasteiger partial charge on any atom is -0.381 e. The molecule has 2 aliphatic rings. The summed E-state index contributed by atoms with van der Waals surface area (Å²) in [5, 5.41) is 4.51. The van der Waals surface area contributed by atoms with E-state index in [-0.39, 0.29) is 11.9 Å². The molecule has 2 atom stereocenters. The van der Waals surface area contributed by atoms with Crippen LogP contribution in [0.2, 0.25) is 0 Å². The number of nitrogens with two attached hydrogens (primary N) is 1. The molecule has 2 fully saturated rings. The van der Waals surface area contributed by atoms with Crippen LogP contribution in [0, 0.1) is 5.82 Å². The highest BCUT2D eigenvalue weighted by molar-refractivity contribution is 6.05. The zero-order valence-corrected chi connectivity index (χ0v) is 16.1. The van der Waals surface area contributed by atoms with Crippen molar-refractivity contribution < 1.29 is 9.18 Å². The number of pyridine rings is 1. The first-order valence-corrected chi connectivity index (χ1v) is 10.1. The number of nitrogens with one attached hydrogen (secondary N) is 2. The number of aromatic nitrogens is 2. The summed E-state index contributed by atoms with van der Waals surface area (Å²) in [4.78, 5) is 21.9. The summed E-state index contributed by atoms with van der Waals surface area (Å²) in [6, 6.07) is 9.97. The fraction of sp³-hybridized carbons (Fsp3) is 0.364. The normalized spacial score (nSPS) is 24.1. The second-order valence-corrected chi connectivity index (χ2v) is 8.15. The van der Waals surface area contributed by atoms with Crippen LogP contribution in [-0.4, -0.2) is 38.9 Å². The molecule has 0 radical (unpaired) electrons. The fourth-order valence-electron chi connectivity index (χ4n) is 5.01. The molecule has 1 aromatic carbocycles. The van der Waals surface area contributed by atoms with E-state index in [1.807, 2.05) is 24.4 Å². The fourth-order valence-corrected chi connectivity index (χ4v) is 5.01. The Balaban J connectivity index is 1.35. The maximum Gasteiger partial charge on any atom is 0.252 e. The third-order valence-corrected chi connectivity index (χ3v) is 6.36. The van der Waals surface area contributed by atoms with Gasteiger partial charge >= 0.3 is 0 Å². The maximum atomic E-state index is 13.2. The average Bonchev–Trinajstić information content (AvgIpc) is 3.26. The van der Waals surface area contributed by atoms with Gasteiger partial charge in [0.2, 0.25) is 0 Å². The maximum absolute atomic E-state index is 13.2. The first-order chi connectivity index (χ1) is 14.1. The summed E-state index contributed by atoms with van der Waals surface area (Å²) < 4.78 is 13.2. The lowest BCUT2D eigenvalue weighted by molar-refractivity contribution is 0.100. The molecule has 5 rings (SSSR count). The Morgan fingerprint density at radius 3 is 2.62 bits per heavy atom. The lowest BCUT2D eigenvalue weighted by Crippen LogP contribution is -2.46. The summed E-state index contributed by atoms with van der Waals surface area (Å²) in [5.74, 6) is -0.668. The van der Waals surface area contributed by atoms with E-state index in [1.165, 1.54) is 25.0 Å². The average molecular weight is 393 g/mol. The standard InChI is InChI=1S/C22H24FN5O/c23-14-3-1-13(2-4-14)12-28-16-5-6-17(28)10-15(9-16)27-20-18-7-8-25-22(18)26-11-19(20)21(24)29/h1-4,7-8,11,15-17H,5-6,9-10,12H2,(H2,24,29)(H2,25,26,27)/t16-,17-/m0/s1. The van der Waals surface area contributed by atoms with Crippen molar-refractivity contribution in [1.82, 2.24) is 14.9 Å². The Kier molecular flexibility index (Phi) is 4.47. The number of carbonyl (C=O) groups excluding carboxylic acids is 1. The number of nitrogens with zero attached hydrogens (tertiary/aromatic N) is 2. The van der Waals surface area contributed by atoms with Crippen molar-refractivity contribution in [3.8, 4) is 0 Å². The molecule has 2 bridgehead atoms. The second-order valence-electron chi connectivity index (χ2n) is 8.15. The van der Waals surface area contributed by atoms with Gasteiger partial charge in [-0.2, -0.15) is 0 Å². The number of hydrogen-bond acceptors (Lipinski definition) is 4. The third-order valence-electron chi connectivity index (χ3n) is 6.36. The van der Waals surface area contributed by atoms with Crippen LogP contribution in [0.3, 0.4) is 0 Å². The Morgan fingerprint density at radius 1 is 1.21 bits per heavy atom. The van der Waals surface area contributed by atoms with Crippen LogP contribution < -0.4 is 11.1 Å². The van der Waals surface area contributed by atoms with Gasteiger partial charge in [0.25, 0.3) is 5.91 Å². The van der Waals surface area contributed by atoms with Gasteiger partial charge in [-0.25, -0.2) is 9.37 Å². The van der Waals surface area contributed by atoms with E-state index in [4.69, 9.17) is 5.73 Å². The Bertz CT molecular complexity index is 1030. The van der Waals surface area contributed by atoms with Crippen LogP contribution >= 0.6 is 0 Å². The molecule has 4 heterocycles. The van der Waals surface area contributed by atoms with Gasteiger partial charge in [-0.1, -0.05) is 12.1 Å². The number of fused-ring (bicyclic) bond motifs is 3. The largest absolute Gasteiger partial charge is 0.381 e. The van der Waals surface area contributed by atoms with Crippen LogP contribution in [0.5, 0.6) is 0 Å². The van der Waals surface area contributed by atoms with E-state index in [2.05, 4.69) is 20.2 Å². The van der Waals surface area contributed by atoms with Crippen molar-refractivity contribution in [2.75, 3.05) is 5.32 Å². The number of hydrogen-bond donors (Lipinski definition) is 3. The van der Waals surface area contributed by atoms with Crippen LogP contribution in [-0.2, 0) is 6.54 Å². The minimum absolute atomic E-state index is 0.196.